The van der Waals surface area contributed by atoms with Gasteiger partial charge in [-0.15, -0.1) is 0 Å². The standard InChI is InChI=1S/C18H18BN3O7/c23-17(24)13-6-20-11(5-21-13)7-22-8-12(9-22)28-14-2-1-10-3-4-19(27)29-16(10)15(14)18(25)26/h1-2,5-6,12,27H,3-4,7-9H2,(H,23,24)(H,25,26). The molecular weight excluding hydrogens is 381 g/mol. The zero-order chi connectivity index (χ0) is 20.5. The SMILES string of the molecule is O=C(O)c1cnc(CN2CC(Oc3ccc4c(c3C(=O)O)OB(O)CC4)C2)cn1. The third kappa shape index (κ3) is 4.01. The summed E-state index contributed by atoms with van der Waals surface area (Å²) >= 11 is 0. The molecule has 150 valence electrons. The van der Waals surface area contributed by atoms with Gasteiger partial charge in [-0.05, 0) is 24.4 Å². The second-order valence-electron chi connectivity index (χ2n) is 6.98. The first kappa shape index (κ1) is 19.2. The molecule has 2 aliphatic rings. The number of likely N-dealkylation sites (tertiary alicyclic amines) is 1. The number of nitrogens with zero attached hydrogens (tertiary/aromatic N) is 3. The van der Waals surface area contributed by atoms with Gasteiger partial charge in [-0.2, -0.15) is 0 Å². The number of hydrogen-bond acceptors (Lipinski definition) is 8. The van der Waals surface area contributed by atoms with Crippen molar-refractivity contribution < 1.29 is 34.2 Å². The zero-order valence-corrected chi connectivity index (χ0v) is 15.3. The Morgan fingerprint density at radius 3 is 2.66 bits per heavy atom. The van der Waals surface area contributed by atoms with Crippen LogP contribution in [0.2, 0.25) is 6.32 Å². The summed E-state index contributed by atoms with van der Waals surface area (Å²) in [5.41, 5.74) is 1.18. The van der Waals surface area contributed by atoms with E-state index in [9.17, 15) is 19.7 Å². The maximum Gasteiger partial charge on any atom is 0.522 e. The fourth-order valence-electron chi connectivity index (χ4n) is 3.40. The number of carboxylic acid groups (broad SMARTS) is 2. The monoisotopic (exact) mass is 399 g/mol. The van der Waals surface area contributed by atoms with Crippen LogP contribution in [0.3, 0.4) is 0 Å². The minimum atomic E-state index is -1.17. The molecule has 4 rings (SSSR count). The maximum atomic E-state index is 11.8. The minimum absolute atomic E-state index is 0.0742. The molecule has 0 spiro atoms. The van der Waals surface area contributed by atoms with Crippen LogP contribution in [0.1, 0.15) is 32.1 Å². The highest BCUT2D eigenvalue weighted by molar-refractivity contribution is 6.44. The van der Waals surface area contributed by atoms with E-state index in [2.05, 4.69) is 9.97 Å². The lowest BCUT2D eigenvalue weighted by atomic mass is 9.78. The first-order valence-corrected chi connectivity index (χ1v) is 9.08. The summed E-state index contributed by atoms with van der Waals surface area (Å²) in [5.74, 6) is -1.92. The van der Waals surface area contributed by atoms with Crippen LogP contribution in [-0.2, 0) is 13.0 Å². The van der Waals surface area contributed by atoms with Crippen molar-refractivity contribution in [1.82, 2.24) is 14.9 Å². The van der Waals surface area contributed by atoms with Crippen molar-refractivity contribution in [3.63, 3.8) is 0 Å². The maximum absolute atomic E-state index is 11.8. The quantitative estimate of drug-likeness (QED) is 0.590. The highest BCUT2D eigenvalue weighted by Gasteiger charge is 2.33. The first-order chi connectivity index (χ1) is 13.9. The number of benzene rings is 1. The zero-order valence-electron chi connectivity index (χ0n) is 15.3. The van der Waals surface area contributed by atoms with Crippen molar-refractivity contribution in [2.45, 2.75) is 25.4 Å². The molecule has 0 atom stereocenters. The molecule has 2 aromatic rings. The average molecular weight is 399 g/mol. The molecule has 0 saturated carbocycles. The number of aromatic nitrogens is 2. The summed E-state index contributed by atoms with van der Waals surface area (Å²) in [4.78, 5) is 32.5. The van der Waals surface area contributed by atoms with E-state index in [1.807, 2.05) is 4.90 Å². The lowest BCUT2D eigenvalue weighted by Crippen LogP contribution is -2.53. The molecule has 10 nitrogen and oxygen atoms in total. The molecular formula is C18H18BN3O7. The third-order valence-corrected chi connectivity index (χ3v) is 4.86. The number of aryl methyl sites for hydroxylation is 1. The molecule has 2 aliphatic heterocycles. The highest BCUT2D eigenvalue weighted by Crippen LogP contribution is 2.37. The second-order valence-corrected chi connectivity index (χ2v) is 6.98. The molecule has 1 fully saturated rings. The molecule has 0 radical (unpaired) electrons. The van der Waals surface area contributed by atoms with Crippen LogP contribution >= 0.6 is 0 Å². The Balaban J connectivity index is 1.39. The smallest absolute Gasteiger partial charge is 0.522 e. The van der Waals surface area contributed by atoms with Crippen molar-refractivity contribution in [3.05, 3.63) is 47.0 Å². The van der Waals surface area contributed by atoms with Gasteiger partial charge in [0.2, 0.25) is 0 Å². The van der Waals surface area contributed by atoms with Crippen molar-refractivity contribution in [2.75, 3.05) is 13.1 Å². The number of fused-ring (bicyclic) bond motifs is 1. The predicted molar refractivity (Wildman–Crippen MR) is 99.2 cm³/mol. The summed E-state index contributed by atoms with van der Waals surface area (Å²) in [6.07, 6.45) is 3.39. The lowest BCUT2D eigenvalue weighted by molar-refractivity contribution is 0.0127. The van der Waals surface area contributed by atoms with Crippen LogP contribution in [0, 0.1) is 0 Å². The van der Waals surface area contributed by atoms with Gasteiger partial charge in [-0.3, -0.25) is 9.88 Å². The second kappa shape index (κ2) is 7.68. The molecule has 29 heavy (non-hydrogen) atoms. The van der Waals surface area contributed by atoms with E-state index in [1.165, 1.54) is 12.4 Å². The van der Waals surface area contributed by atoms with Crippen LogP contribution in [0.4, 0.5) is 0 Å². The molecule has 1 saturated heterocycles. The van der Waals surface area contributed by atoms with E-state index >= 15 is 0 Å². The first-order valence-electron chi connectivity index (χ1n) is 9.08. The molecule has 0 unspecified atom stereocenters. The number of rotatable bonds is 6. The normalized spacial score (nSPS) is 16.5. The minimum Gasteiger partial charge on any atom is -0.535 e. The van der Waals surface area contributed by atoms with E-state index < -0.39 is 19.1 Å². The Labute approximate surface area is 165 Å². The molecule has 0 bridgehead atoms. The van der Waals surface area contributed by atoms with Gasteiger partial charge < -0.3 is 24.6 Å². The van der Waals surface area contributed by atoms with Crippen molar-refractivity contribution in [3.8, 4) is 11.5 Å². The summed E-state index contributed by atoms with van der Waals surface area (Å²) in [6.45, 7) is 1.60. The number of carboxylic acids is 2. The Morgan fingerprint density at radius 1 is 1.21 bits per heavy atom. The topological polar surface area (TPSA) is 142 Å². The van der Waals surface area contributed by atoms with Crippen LogP contribution in [0.25, 0.3) is 0 Å². The summed E-state index contributed by atoms with van der Waals surface area (Å²) < 4.78 is 11.2. The van der Waals surface area contributed by atoms with E-state index in [-0.39, 0.29) is 28.9 Å². The van der Waals surface area contributed by atoms with Crippen molar-refractivity contribution >= 4 is 19.1 Å². The third-order valence-electron chi connectivity index (χ3n) is 4.86. The Bertz CT molecular complexity index is 947. The number of carbonyl (C=O) groups is 2. The van der Waals surface area contributed by atoms with E-state index in [1.54, 1.807) is 12.1 Å². The van der Waals surface area contributed by atoms with Crippen LogP contribution in [0.15, 0.2) is 24.5 Å². The van der Waals surface area contributed by atoms with Gasteiger partial charge in [0.05, 0.1) is 18.1 Å². The van der Waals surface area contributed by atoms with Gasteiger partial charge in [0.1, 0.15) is 23.2 Å². The predicted octanol–water partition coefficient (Wildman–Crippen LogP) is 0.552. The fraction of sp³-hybridized carbons (Fsp3) is 0.333. The van der Waals surface area contributed by atoms with Crippen molar-refractivity contribution in [2.24, 2.45) is 0 Å². The van der Waals surface area contributed by atoms with E-state index in [0.29, 0.717) is 38.1 Å². The number of ether oxygens (including phenoxy) is 1. The summed E-state index contributed by atoms with van der Waals surface area (Å²) in [6, 6.07) is 3.39. The largest absolute Gasteiger partial charge is 0.535 e. The molecule has 11 heteroatoms. The van der Waals surface area contributed by atoms with Gasteiger partial charge in [0, 0.05) is 19.6 Å². The Kier molecular flexibility index (Phi) is 5.08. The molecule has 3 N–H and O–H groups in total. The lowest BCUT2D eigenvalue weighted by Gasteiger charge is -2.39. The molecule has 1 aromatic heterocycles. The van der Waals surface area contributed by atoms with Gasteiger partial charge in [-0.1, -0.05) is 6.07 Å². The Morgan fingerprint density at radius 2 is 2.00 bits per heavy atom. The molecule has 0 aliphatic carbocycles. The molecule has 3 heterocycles. The van der Waals surface area contributed by atoms with E-state index in [4.69, 9.17) is 14.5 Å². The highest BCUT2D eigenvalue weighted by atomic mass is 16.5. The molecule has 0 amide bonds. The van der Waals surface area contributed by atoms with Crippen molar-refractivity contribution in [1.29, 1.82) is 0 Å². The fourth-order valence-corrected chi connectivity index (χ4v) is 3.40. The van der Waals surface area contributed by atoms with Crippen LogP contribution < -0.4 is 9.39 Å². The van der Waals surface area contributed by atoms with Gasteiger partial charge in [0.15, 0.2) is 5.69 Å². The Hall–Kier alpha value is -3.18. The van der Waals surface area contributed by atoms with Gasteiger partial charge in [0.25, 0.3) is 0 Å². The van der Waals surface area contributed by atoms with Crippen LogP contribution in [0.5, 0.6) is 11.5 Å². The summed E-state index contributed by atoms with van der Waals surface area (Å²) in [5, 5.41) is 28.2. The number of hydrogen-bond donors (Lipinski definition) is 3. The van der Waals surface area contributed by atoms with Crippen LogP contribution in [-0.4, -0.2) is 68.4 Å². The van der Waals surface area contributed by atoms with Gasteiger partial charge >= 0.3 is 19.1 Å². The summed E-state index contributed by atoms with van der Waals surface area (Å²) in [7, 11) is -1.02. The average Bonchev–Trinajstić information content (AvgIpc) is 2.65. The number of aromatic carboxylic acids is 2. The van der Waals surface area contributed by atoms with E-state index in [0.717, 1.165) is 5.56 Å². The molecule has 1 aromatic carbocycles. The van der Waals surface area contributed by atoms with Gasteiger partial charge in [-0.25, -0.2) is 14.6 Å².